The SMILES string of the molecule is COCC(NC(=O)N(C)CCc1ccccn1)C(=O)O. The minimum absolute atomic E-state index is 0.0743. The van der Waals surface area contributed by atoms with E-state index in [-0.39, 0.29) is 6.61 Å². The Balaban J connectivity index is 2.44. The van der Waals surface area contributed by atoms with Gasteiger partial charge in [-0.25, -0.2) is 9.59 Å². The molecule has 7 nitrogen and oxygen atoms in total. The molecule has 0 fully saturated rings. The molecule has 1 atom stereocenters. The first kappa shape index (κ1) is 15.9. The number of pyridine rings is 1. The number of methoxy groups -OCH3 is 1. The van der Waals surface area contributed by atoms with Crippen molar-refractivity contribution in [1.29, 1.82) is 0 Å². The predicted octanol–water partition coefficient (Wildman–Crippen LogP) is 0.365. The average Bonchev–Trinajstić information content (AvgIpc) is 2.45. The third-order valence-corrected chi connectivity index (χ3v) is 2.71. The lowest BCUT2D eigenvalue weighted by Gasteiger charge is -2.20. The minimum Gasteiger partial charge on any atom is -0.480 e. The summed E-state index contributed by atoms with van der Waals surface area (Å²) in [6, 6.07) is 4.07. The van der Waals surface area contributed by atoms with Crippen LogP contribution in [0.1, 0.15) is 5.69 Å². The fraction of sp³-hybridized carbons (Fsp3) is 0.462. The van der Waals surface area contributed by atoms with E-state index < -0.39 is 18.0 Å². The van der Waals surface area contributed by atoms with Crippen LogP contribution in [0.3, 0.4) is 0 Å². The maximum Gasteiger partial charge on any atom is 0.328 e. The number of carbonyl (C=O) groups is 2. The monoisotopic (exact) mass is 281 g/mol. The first-order valence-corrected chi connectivity index (χ1v) is 6.18. The molecular formula is C13H19N3O4. The lowest BCUT2D eigenvalue weighted by atomic mass is 10.2. The molecule has 0 aliphatic rings. The van der Waals surface area contributed by atoms with Crippen LogP contribution in [-0.4, -0.2) is 60.3 Å². The molecule has 0 aliphatic heterocycles. The highest BCUT2D eigenvalue weighted by Gasteiger charge is 2.21. The van der Waals surface area contributed by atoms with Crippen molar-refractivity contribution in [2.75, 3.05) is 27.3 Å². The van der Waals surface area contributed by atoms with Crippen molar-refractivity contribution < 1.29 is 19.4 Å². The molecule has 0 saturated heterocycles. The van der Waals surface area contributed by atoms with Crippen molar-refractivity contribution in [2.45, 2.75) is 12.5 Å². The van der Waals surface area contributed by atoms with Crippen molar-refractivity contribution in [1.82, 2.24) is 15.2 Å². The largest absolute Gasteiger partial charge is 0.480 e. The second-order valence-corrected chi connectivity index (χ2v) is 4.29. The fourth-order valence-corrected chi connectivity index (χ4v) is 1.53. The van der Waals surface area contributed by atoms with E-state index >= 15 is 0 Å². The van der Waals surface area contributed by atoms with E-state index in [1.165, 1.54) is 12.0 Å². The summed E-state index contributed by atoms with van der Waals surface area (Å²) in [6.07, 6.45) is 2.29. The lowest BCUT2D eigenvalue weighted by molar-refractivity contribution is -0.140. The van der Waals surface area contributed by atoms with Crippen LogP contribution < -0.4 is 5.32 Å². The smallest absolute Gasteiger partial charge is 0.328 e. The van der Waals surface area contributed by atoms with Gasteiger partial charge < -0.3 is 20.1 Å². The first-order chi connectivity index (χ1) is 9.54. The van der Waals surface area contributed by atoms with Crippen molar-refractivity contribution in [2.24, 2.45) is 0 Å². The number of hydrogen-bond acceptors (Lipinski definition) is 4. The van der Waals surface area contributed by atoms with Gasteiger partial charge in [-0.05, 0) is 12.1 Å². The van der Waals surface area contributed by atoms with Crippen molar-refractivity contribution in [3.8, 4) is 0 Å². The molecule has 0 bridgehead atoms. The summed E-state index contributed by atoms with van der Waals surface area (Å²) < 4.78 is 4.75. The van der Waals surface area contributed by atoms with Gasteiger partial charge in [0.2, 0.25) is 0 Å². The number of hydrogen-bond donors (Lipinski definition) is 2. The number of rotatable bonds is 7. The third kappa shape index (κ3) is 5.23. The molecule has 0 aromatic carbocycles. The topological polar surface area (TPSA) is 91.8 Å². The number of likely N-dealkylation sites (N-methyl/N-ethyl adjacent to an activating group) is 1. The van der Waals surface area contributed by atoms with Crippen LogP contribution in [0.2, 0.25) is 0 Å². The number of ether oxygens (including phenoxy) is 1. The molecule has 0 radical (unpaired) electrons. The van der Waals surface area contributed by atoms with Crippen LogP contribution in [0.5, 0.6) is 0 Å². The van der Waals surface area contributed by atoms with Crippen molar-refractivity contribution in [3.05, 3.63) is 30.1 Å². The Bertz CT molecular complexity index is 439. The van der Waals surface area contributed by atoms with Gasteiger partial charge in [0.1, 0.15) is 0 Å². The number of urea groups is 1. The van der Waals surface area contributed by atoms with Crippen LogP contribution in [0.25, 0.3) is 0 Å². The minimum atomic E-state index is -1.13. The number of carboxylic acid groups (broad SMARTS) is 1. The van der Waals surface area contributed by atoms with E-state index in [0.717, 1.165) is 5.69 Å². The molecule has 1 unspecified atom stereocenters. The second kappa shape index (κ2) is 8.11. The van der Waals surface area contributed by atoms with E-state index in [4.69, 9.17) is 9.84 Å². The summed E-state index contributed by atoms with van der Waals surface area (Å²) in [5.41, 5.74) is 0.874. The van der Waals surface area contributed by atoms with Crippen molar-refractivity contribution in [3.63, 3.8) is 0 Å². The number of nitrogens with one attached hydrogen (secondary N) is 1. The Labute approximate surface area is 117 Å². The van der Waals surface area contributed by atoms with E-state index in [2.05, 4.69) is 10.3 Å². The normalized spacial score (nSPS) is 11.7. The van der Waals surface area contributed by atoms with Gasteiger partial charge in [-0.2, -0.15) is 0 Å². The predicted molar refractivity (Wildman–Crippen MR) is 72.4 cm³/mol. The molecule has 0 saturated carbocycles. The Morgan fingerprint density at radius 2 is 2.25 bits per heavy atom. The maximum atomic E-state index is 11.8. The summed E-state index contributed by atoms with van der Waals surface area (Å²) in [5, 5.41) is 11.3. The highest BCUT2D eigenvalue weighted by Crippen LogP contribution is 1.97. The quantitative estimate of drug-likeness (QED) is 0.753. The number of nitrogens with zero attached hydrogens (tertiary/aromatic N) is 2. The number of aliphatic carboxylic acids is 1. The standard InChI is InChI=1S/C13H19N3O4/c1-16(8-6-10-5-3-4-7-14-10)13(19)15-11(9-20-2)12(17)18/h3-5,7,11H,6,8-9H2,1-2H3,(H,15,19)(H,17,18). The molecule has 110 valence electrons. The summed E-state index contributed by atoms with van der Waals surface area (Å²) in [7, 11) is 2.98. The highest BCUT2D eigenvalue weighted by atomic mass is 16.5. The molecule has 1 aromatic rings. The van der Waals surface area contributed by atoms with Crippen LogP contribution >= 0.6 is 0 Å². The molecule has 2 amide bonds. The molecule has 0 spiro atoms. The summed E-state index contributed by atoms with van der Waals surface area (Å²) in [6.45, 7) is 0.372. The second-order valence-electron chi connectivity index (χ2n) is 4.29. The number of amides is 2. The van der Waals surface area contributed by atoms with Gasteiger partial charge in [0, 0.05) is 39.0 Å². The van der Waals surface area contributed by atoms with Gasteiger partial charge in [0.05, 0.1) is 6.61 Å². The number of carbonyl (C=O) groups excluding carboxylic acids is 1. The summed E-state index contributed by atoms with van der Waals surface area (Å²) >= 11 is 0. The zero-order valence-electron chi connectivity index (χ0n) is 11.6. The number of carboxylic acids is 1. The Morgan fingerprint density at radius 3 is 2.80 bits per heavy atom. The van der Waals surface area contributed by atoms with Crippen LogP contribution in [0, 0.1) is 0 Å². The Kier molecular flexibility index (Phi) is 6.45. The molecule has 1 heterocycles. The van der Waals surface area contributed by atoms with Gasteiger partial charge in [0.15, 0.2) is 6.04 Å². The zero-order valence-corrected chi connectivity index (χ0v) is 11.6. The van der Waals surface area contributed by atoms with Crippen LogP contribution in [0.15, 0.2) is 24.4 Å². The van der Waals surface area contributed by atoms with Gasteiger partial charge >= 0.3 is 12.0 Å². The number of aromatic nitrogens is 1. The van der Waals surface area contributed by atoms with Crippen LogP contribution in [0.4, 0.5) is 4.79 Å². The van der Waals surface area contributed by atoms with E-state index in [1.807, 2.05) is 18.2 Å². The average molecular weight is 281 g/mol. The first-order valence-electron chi connectivity index (χ1n) is 6.18. The molecule has 20 heavy (non-hydrogen) atoms. The van der Waals surface area contributed by atoms with Gasteiger partial charge in [-0.15, -0.1) is 0 Å². The van der Waals surface area contributed by atoms with Gasteiger partial charge in [0.25, 0.3) is 0 Å². The lowest BCUT2D eigenvalue weighted by Crippen LogP contribution is -2.49. The molecule has 1 rings (SSSR count). The molecule has 2 N–H and O–H groups in total. The summed E-state index contributed by atoms with van der Waals surface area (Å²) in [4.78, 5) is 28.3. The van der Waals surface area contributed by atoms with Crippen LogP contribution in [-0.2, 0) is 16.0 Å². The molecule has 1 aromatic heterocycles. The summed E-state index contributed by atoms with van der Waals surface area (Å²) in [5.74, 6) is -1.13. The van der Waals surface area contributed by atoms with E-state index in [0.29, 0.717) is 13.0 Å². The highest BCUT2D eigenvalue weighted by molar-refractivity contribution is 5.82. The molecule has 0 aliphatic carbocycles. The van der Waals surface area contributed by atoms with Gasteiger partial charge in [-0.3, -0.25) is 4.98 Å². The Hall–Kier alpha value is -2.15. The Morgan fingerprint density at radius 1 is 1.50 bits per heavy atom. The third-order valence-electron chi connectivity index (χ3n) is 2.71. The van der Waals surface area contributed by atoms with E-state index in [9.17, 15) is 9.59 Å². The van der Waals surface area contributed by atoms with Gasteiger partial charge in [-0.1, -0.05) is 6.07 Å². The molecular weight excluding hydrogens is 262 g/mol. The van der Waals surface area contributed by atoms with E-state index in [1.54, 1.807) is 13.2 Å². The maximum absolute atomic E-state index is 11.8. The zero-order chi connectivity index (χ0) is 15.0. The molecule has 7 heteroatoms. The van der Waals surface area contributed by atoms with Crippen molar-refractivity contribution >= 4 is 12.0 Å². The fourth-order valence-electron chi connectivity index (χ4n) is 1.53.